The number of halogens is 3. The summed E-state index contributed by atoms with van der Waals surface area (Å²) in [5.41, 5.74) is 8.73. The standard InChI is InChI=1S/C24H24F3N3O/c1-23(2,3)21-18(20-10-11-29-30(20)17-8-9-17)12-15(13-19(21)22(28)31)14-4-6-16(7-5-14)24(25,26)27/h4-7,10-13,17H,8-9H2,1-3H3,(H2,28,31). The third-order valence-corrected chi connectivity index (χ3v) is 5.54. The maximum atomic E-state index is 13.0. The molecule has 7 heteroatoms. The first-order chi connectivity index (χ1) is 14.5. The average molecular weight is 427 g/mol. The summed E-state index contributed by atoms with van der Waals surface area (Å²) >= 11 is 0. The second-order valence-corrected chi connectivity index (χ2v) is 9.03. The summed E-state index contributed by atoms with van der Waals surface area (Å²) in [7, 11) is 0. The molecule has 0 unspecified atom stereocenters. The van der Waals surface area contributed by atoms with Crippen molar-refractivity contribution < 1.29 is 18.0 Å². The number of nitrogens with zero attached hydrogens (tertiary/aromatic N) is 2. The molecule has 3 aromatic rings. The summed E-state index contributed by atoms with van der Waals surface area (Å²) in [5, 5.41) is 4.47. The summed E-state index contributed by atoms with van der Waals surface area (Å²) in [6.07, 6.45) is -0.592. The van der Waals surface area contributed by atoms with Gasteiger partial charge in [-0.3, -0.25) is 9.48 Å². The smallest absolute Gasteiger partial charge is 0.366 e. The number of carbonyl (C=O) groups excluding carboxylic acids is 1. The molecule has 1 saturated carbocycles. The van der Waals surface area contributed by atoms with Crippen LogP contribution in [0.5, 0.6) is 0 Å². The van der Waals surface area contributed by atoms with Crippen LogP contribution in [0.3, 0.4) is 0 Å². The molecule has 31 heavy (non-hydrogen) atoms. The van der Waals surface area contributed by atoms with E-state index < -0.39 is 23.1 Å². The van der Waals surface area contributed by atoms with Gasteiger partial charge in [0.15, 0.2) is 0 Å². The summed E-state index contributed by atoms with van der Waals surface area (Å²) in [4.78, 5) is 12.4. The summed E-state index contributed by atoms with van der Waals surface area (Å²) in [5.74, 6) is -0.572. The number of nitrogens with two attached hydrogens (primary N) is 1. The van der Waals surface area contributed by atoms with Crippen molar-refractivity contribution in [3.8, 4) is 22.4 Å². The van der Waals surface area contributed by atoms with Gasteiger partial charge in [-0.25, -0.2) is 0 Å². The average Bonchev–Trinajstić information content (AvgIpc) is 3.42. The van der Waals surface area contributed by atoms with Gasteiger partial charge in [-0.2, -0.15) is 18.3 Å². The van der Waals surface area contributed by atoms with Gasteiger partial charge >= 0.3 is 6.18 Å². The maximum absolute atomic E-state index is 13.0. The fraction of sp³-hybridized carbons (Fsp3) is 0.333. The number of hydrogen-bond donors (Lipinski definition) is 1. The fourth-order valence-corrected chi connectivity index (χ4v) is 4.00. The molecule has 0 aliphatic heterocycles. The van der Waals surface area contributed by atoms with Crippen LogP contribution in [-0.4, -0.2) is 15.7 Å². The van der Waals surface area contributed by atoms with Crippen molar-refractivity contribution >= 4 is 5.91 Å². The van der Waals surface area contributed by atoms with Gasteiger partial charge in [-0.05, 0) is 65.3 Å². The van der Waals surface area contributed by atoms with Crippen molar-refractivity contribution in [1.82, 2.24) is 9.78 Å². The van der Waals surface area contributed by atoms with Gasteiger partial charge in [-0.15, -0.1) is 0 Å². The Morgan fingerprint density at radius 2 is 1.68 bits per heavy atom. The first-order valence-electron chi connectivity index (χ1n) is 10.2. The Morgan fingerprint density at radius 1 is 1.03 bits per heavy atom. The quantitative estimate of drug-likeness (QED) is 0.558. The Balaban J connectivity index is 1.95. The van der Waals surface area contributed by atoms with E-state index in [1.165, 1.54) is 12.1 Å². The highest BCUT2D eigenvalue weighted by Gasteiger charge is 2.32. The van der Waals surface area contributed by atoms with E-state index in [1.807, 2.05) is 37.6 Å². The lowest BCUT2D eigenvalue weighted by Gasteiger charge is -2.27. The molecule has 2 N–H and O–H groups in total. The van der Waals surface area contributed by atoms with Crippen molar-refractivity contribution in [2.45, 2.75) is 51.2 Å². The highest BCUT2D eigenvalue weighted by Crippen LogP contribution is 2.43. The molecule has 0 spiro atoms. The SMILES string of the molecule is CC(C)(C)c1c(C(N)=O)cc(-c2ccc(C(F)(F)F)cc2)cc1-c1ccnn1C1CC1. The molecular formula is C24H24F3N3O. The molecule has 1 fully saturated rings. The lowest BCUT2D eigenvalue weighted by molar-refractivity contribution is -0.137. The molecule has 1 heterocycles. The molecule has 0 saturated heterocycles. The summed E-state index contributed by atoms with van der Waals surface area (Å²) < 4.78 is 40.9. The molecule has 1 amide bonds. The van der Waals surface area contributed by atoms with Gasteiger partial charge in [0.1, 0.15) is 0 Å². The van der Waals surface area contributed by atoms with Crippen molar-refractivity contribution in [3.05, 3.63) is 65.4 Å². The Morgan fingerprint density at radius 3 is 2.19 bits per heavy atom. The van der Waals surface area contributed by atoms with Crippen LogP contribution in [0.2, 0.25) is 0 Å². The van der Waals surface area contributed by atoms with Crippen LogP contribution >= 0.6 is 0 Å². The minimum Gasteiger partial charge on any atom is -0.366 e. The van der Waals surface area contributed by atoms with Crippen LogP contribution in [0.25, 0.3) is 22.4 Å². The monoisotopic (exact) mass is 427 g/mol. The minimum atomic E-state index is -4.41. The van der Waals surface area contributed by atoms with E-state index in [-0.39, 0.29) is 0 Å². The number of carbonyl (C=O) groups is 1. The van der Waals surface area contributed by atoms with Crippen molar-refractivity contribution in [3.63, 3.8) is 0 Å². The second-order valence-electron chi connectivity index (χ2n) is 9.03. The number of primary amides is 1. The highest BCUT2D eigenvalue weighted by atomic mass is 19.4. The molecular weight excluding hydrogens is 403 g/mol. The number of benzene rings is 2. The third kappa shape index (κ3) is 4.09. The Hall–Kier alpha value is -3.09. The number of amides is 1. The molecule has 2 aromatic carbocycles. The first kappa shape index (κ1) is 21.2. The van der Waals surface area contributed by atoms with Crippen LogP contribution in [0, 0.1) is 0 Å². The normalized spacial score (nSPS) is 14.6. The molecule has 4 rings (SSSR count). The van der Waals surface area contributed by atoms with E-state index in [4.69, 9.17) is 5.73 Å². The molecule has 0 bridgehead atoms. The minimum absolute atomic E-state index is 0.324. The summed E-state index contributed by atoms with van der Waals surface area (Å²) in [6, 6.07) is 10.8. The van der Waals surface area contributed by atoms with E-state index in [2.05, 4.69) is 5.10 Å². The van der Waals surface area contributed by atoms with Gasteiger partial charge in [-0.1, -0.05) is 32.9 Å². The number of rotatable bonds is 4. The fourth-order valence-electron chi connectivity index (χ4n) is 4.00. The number of aromatic nitrogens is 2. The second kappa shape index (κ2) is 7.25. The molecule has 0 radical (unpaired) electrons. The maximum Gasteiger partial charge on any atom is 0.416 e. The molecule has 162 valence electrons. The van der Waals surface area contributed by atoms with Gasteiger partial charge < -0.3 is 5.73 Å². The Bertz CT molecular complexity index is 1130. The largest absolute Gasteiger partial charge is 0.416 e. The summed E-state index contributed by atoms with van der Waals surface area (Å²) in [6.45, 7) is 6.02. The molecule has 4 nitrogen and oxygen atoms in total. The third-order valence-electron chi connectivity index (χ3n) is 5.54. The number of hydrogen-bond acceptors (Lipinski definition) is 2. The van der Waals surface area contributed by atoms with E-state index in [0.717, 1.165) is 41.8 Å². The lowest BCUT2D eigenvalue weighted by Crippen LogP contribution is -2.23. The molecule has 0 atom stereocenters. The lowest BCUT2D eigenvalue weighted by atomic mass is 9.78. The molecule has 1 aliphatic carbocycles. The molecule has 1 aromatic heterocycles. The van der Waals surface area contributed by atoms with Gasteiger partial charge in [0.05, 0.1) is 17.3 Å². The Kier molecular flexibility index (Phi) is 4.95. The predicted molar refractivity (Wildman–Crippen MR) is 114 cm³/mol. The van der Waals surface area contributed by atoms with E-state index in [1.54, 1.807) is 12.3 Å². The van der Waals surface area contributed by atoms with E-state index in [0.29, 0.717) is 22.7 Å². The van der Waals surface area contributed by atoms with Crippen LogP contribution in [0.1, 0.15) is 61.1 Å². The van der Waals surface area contributed by atoms with Crippen LogP contribution < -0.4 is 5.73 Å². The van der Waals surface area contributed by atoms with Gasteiger partial charge in [0, 0.05) is 17.3 Å². The zero-order valence-corrected chi connectivity index (χ0v) is 17.6. The Labute approximate surface area is 178 Å². The van der Waals surface area contributed by atoms with Gasteiger partial charge in [0.25, 0.3) is 0 Å². The van der Waals surface area contributed by atoms with Gasteiger partial charge in [0.2, 0.25) is 5.91 Å². The van der Waals surface area contributed by atoms with Crippen molar-refractivity contribution in [2.75, 3.05) is 0 Å². The van der Waals surface area contributed by atoms with E-state index >= 15 is 0 Å². The van der Waals surface area contributed by atoms with E-state index in [9.17, 15) is 18.0 Å². The van der Waals surface area contributed by atoms with Crippen molar-refractivity contribution in [2.24, 2.45) is 5.73 Å². The first-order valence-corrected chi connectivity index (χ1v) is 10.2. The zero-order chi connectivity index (χ0) is 22.6. The van der Waals surface area contributed by atoms with Crippen LogP contribution in [-0.2, 0) is 11.6 Å². The number of alkyl halides is 3. The van der Waals surface area contributed by atoms with Crippen molar-refractivity contribution in [1.29, 1.82) is 0 Å². The molecule has 1 aliphatic rings. The highest BCUT2D eigenvalue weighted by molar-refractivity contribution is 5.99. The van der Waals surface area contributed by atoms with Crippen LogP contribution in [0.15, 0.2) is 48.7 Å². The predicted octanol–water partition coefficient (Wildman–Crippen LogP) is 5.97. The zero-order valence-electron chi connectivity index (χ0n) is 17.6. The topological polar surface area (TPSA) is 60.9 Å². The van der Waals surface area contributed by atoms with Crippen LogP contribution in [0.4, 0.5) is 13.2 Å².